The summed E-state index contributed by atoms with van der Waals surface area (Å²) in [4.78, 5) is 15.1. The molecule has 0 N–H and O–H groups in total. The number of hydrogen-bond acceptors (Lipinski definition) is 3. The third kappa shape index (κ3) is 1.46. The van der Waals surface area contributed by atoms with Crippen molar-refractivity contribution < 1.29 is 9.21 Å². The van der Waals surface area contributed by atoms with Crippen molar-refractivity contribution >= 4 is 11.9 Å². The third-order valence-corrected chi connectivity index (χ3v) is 3.14. The first kappa shape index (κ1) is 10.8. The lowest BCUT2D eigenvalue weighted by Gasteiger charge is -2.02. The Morgan fingerprint density at radius 2 is 2.17 bits per heavy atom. The molecule has 0 saturated heterocycles. The minimum atomic E-state index is 0.397. The number of pyridine rings is 1. The van der Waals surface area contributed by atoms with Crippen molar-refractivity contribution in [2.75, 3.05) is 0 Å². The van der Waals surface area contributed by atoms with Gasteiger partial charge in [0.2, 0.25) is 0 Å². The third-order valence-electron chi connectivity index (χ3n) is 3.14. The van der Waals surface area contributed by atoms with E-state index in [4.69, 9.17) is 4.42 Å². The van der Waals surface area contributed by atoms with Crippen LogP contribution in [0.5, 0.6) is 0 Å². The molecule has 3 aromatic heterocycles. The number of imidazole rings is 1. The van der Waals surface area contributed by atoms with E-state index >= 15 is 0 Å². The summed E-state index contributed by atoms with van der Waals surface area (Å²) in [6.07, 6.45) is 6.39. The summed E-state index contributed by atoms with van der Waals surface area (Å²) in [5.41, 5.74) is 3.77. The Bertz CT molecular complexity index is 737. The first-order chi connectivity index (χ1) is 8.70. The molecule has 3 aromatic rings. The van der Waals surface area contributed by atoms with Crippen molar-refractivity contribution in [1.29, 1.82) is 0 Å². The van der Waals surface area contributed by atoms with Crippen molar-refractivity contribution in [3.8, 4) is 11.1 Å². The van der Waals surface area contributed by atoms with Crippen LogP contribution in [0.2, 0.25) is 0 Å². The van der Waals surface area contributed by atoms with Crippen LogP contribution in [0.25, 0.3) is 16.8 Å². The fourth-order valence-corrected chi connectivity index (χ4v) is 2.28. The zero-order valence-electron chi connectivity index (χ0n) is 10.2. The molecule has 0 aromatic carbocycles. The van der Waals surface area contributed by atoms with Crippen LogP contribution in [0.1, 0.15) is 21.9 Å². The van der Waals surface area contributed by atoms with E-state index in [1.807, 2.05) is 42.8 Å². The molecule has 4 nitrogen and oxygen atoms in total. The predicted octanol–water partition coefficient (Wildman–Crippen LogP) is 3.02. The molecule has 0 radical (unpaired) electrons. The van der Waals surface area contributed by atoms with Crippen molar-refractivity contribution in [3.05, 3.63) is 47.8 Å². The average Bonchev–Trinajstić information content (AvgIpc) is 2.93. The van der Waals surface area contributed by atoms with Gasteiger partial charge in [-0.2, -0.15) is 0 Å². The molecule has 0 fully saturated rings. The van der Waals surface area contributed by atoms with Crippen LogP contribution in [0.4, 0.5) is 0 Å². The number of aldehydes is 1. The maximum absolute atomic E-state index is 10.9. The largest absolute Gasteiger partial charge is 0.458 e. The highest BCUT2D eigenvalue weighted by Gasteiger charge is 2.15. The summed E-state index contributed by atoms with van der Waals surface area (Å²) in [6.45, 7) is 3.76. The lowest BCUT2D eigenvalue weighted by atomic mass is 10.0. The van der Waals surface area contributed by atoms with Gasteiger partial charge in [0, 0.05) is 35.3 Å². The fraction of sp³-hybridized carbons (Fsp3) is 0.143. The number of fused-ring (bicyclic) bond motifs is 1. The maximum Gasteiger partial charge on any atom is 0.185 e. The van der Waals surface area contributed by atoms with Crippen LogP contribution in [0.15, 0.2) is 35.1 Å². The number of carbonyl (C=O) groups is 1. The minimum absolute atomic E-state index is 0.397. The Labute approximate surface area is 104 Å². The van der Waals surface area contributed by atoms with Gasteiger partial charge in [-0.15, -0.1) is 0 Å². The highest BCUT2D eigenvalue weighted by Crippen LogP contribution is 2.31. The summed E-state index contributed by atoms with van der Waals surface area (Å²) in [6, 6.07) is 3.93. The Morgan fingerprint density at radius 3 is 2.89 bits per heavy atom. The average molecular weight is 240 g/mol. The lowest BCUT2D eigenvalue weighted by molar-refractivity contribution is 0.109. The van der Waals surface area contributed by atoms with E-state index in [9.17, 15) is 4.79 Å². The number of aromatic nitrogens is 2. The van der Waals surface area contributed by atoms with E-state index in [1.165, 1.54) is 0 Å². The molecule has 0 amide bonds. The second-order valence-electron chi connectivity index (χ2n) is 4.25. The highest BCUT2D eigenvalue weighted by atomic mass is 16.3. The number of rotatable bonds is 2. The van der Waals surface area contributed by atoms with Gasteiger partial charge in [0.1, 0.15) is 11.4 Å². The summed E-state index contributed by atoms with van der Waals surface area (Å²) in [5.74, 6) is 1.15. The number of carbonyl (C=O) groups excluding carboxylic acids is 1. The molecular formula is C14H12N2O2. The molecular weight excluding hydrogens is 228 g/mol. The molecule has 0 aliphatic carbocycles. The van der Waals surface area contributed by atoms with Crippen LogP contribution in [-0.2, 0) is 0 Å². The Kier molecular flexibility index (Phi) is 2.30. The van der Waals surface area contributed by atoms with E-state index in [0.717, 1.165) is 34.4 Å². The number of nitrogens with zero attached hydrogens (tertiary/aromatic N) is 2. The van der Waals surface area contributed by atoms with E-state index in [2.05, 4.69) is 4.98 Å². The molecule has 0 aliphatic rings. The predicted molar refractivity (Wildman–Crippen MR) is 67.8 cm³/mol. The van der Waals surface area contributed by atoms with E-state index < -0.39 is 0 Å². The van der Waals surface area contributed by atoms with Gasteiger partial charge in [-0.25, -0.2) is 4.98 Å². The summed E-state index contributed by atoms with van der Waals surface area (Å²) in [7, 11) is 0. The Morgan fingerprint density at radius 1 is 1.33 bits per heavy atom. The van der Waals surface area contributed by atoms with Gasteiger partial charge in [-0.1, -0.05) is 0 Å². The Balaban J connectivity index is 2.24. The van der Waals surface area contributed by atoms with Crippen molar-refractivity contribution in [1.82, 2.24) is 9.38 Å². The molecule has 90 valence electrons. The van der Waals surface area contributed by atoms with E-state index in [0.29, 0.717) is 5.76 Å². The van der Waals surface area contributed by atoms with Crippen LogP contribution < -0.4 is 0 Å². The molecule has 0 saturated carbocycles. The van der Waals surface area contributed by atoms with Gasteiger partial charge in [-0.05, 0) is 26.0 Å². The molecule has 3 heterocycles. The standard InChI is InChI=1S/C14H12N2O2/c1-9-12(8-17)18-10(2)14(9)11-3-4-13-15-5-6-16(13)7-11/h3-8H,1-2H3. The van der Waals surface area contributed by atoms with Gasteiger partial charge in [0.25, 0.3) is 0 Å². The summed E-state index contributed by atoms with van der Waals surface area (Å²) in [5, 5.41) is 0. The van der Waals surface area contributed by atoms with Gasteiger partial charge >= 0.3 is 0 Å². The maximum atomic E-state index is 10.9. The van der Waals surface area contributed by atoms with Crippen LogP contribution in [0, 0.1) is 13.8 Å². The number of hydrogen-bond donors (Lipinski definition) is 0. The zero-order chi connectivity index (χ0) is 12.7. The van der Waals surface area contributed by atoms with Crippen molar-refractivity contribution in [2.45, 2.75) is 13.8 Å². The van der Waals surface area contributed by atoms with Gasteiger partial charge in [0.05, 0.1) is 0 Å². The highest BCUT2D eigenvalue weighted by molar-refractivity contribution is 5.81. The number of furan rings is 1. The molecule has 18 heavy (non-hydrogen) atoms. The molecule has 0 bridgehead atoms. The van der Waals surface area contributed by atoms with E-state index in [1.54, 1.807) is 6.20 Å². The fourth-order valence-electron chi connectivity index (χ4n) is 2.28. The molecule has 3 rings (SSSR count). The first-order valence-electron chi connectivity index (χ1n) is 5.69. The quantitative estimate of drug-likeness (QED) is 0.647. The van der Waals surface area contributed by atoms with Gasteiger partial charge < -0.3 is 8.82 Å². The monoisotopic (exact) mass is 240 g/mol. The van der Waals surface area contributed by atoms with E-state index in [-0.39, 0.29) is 0 Å². The SMILES string of the molecule is Cc1oc(C=O)c(C)c1-c1ccc2nccn2c1. The van der Waals surface area contributed by atoms with Crippen LogP contribution >= 0.6 is 0 Å². The molecule has 4 heteroatoms. The summed E-state index contributed by atoms with van der Waals surface area (Å²) < 4.78 is 7.40. The Hall–Kier alpha value is -2.36. The van der Waals surface area contributed by atoms with Gasteiger partial charge in [0.15, 0.2) is 12.0 Å². The molecule has 0 spiro atoms. The number of aryl methyl sites for hydroxylation is 1. The van der Waals surface area contributed by atoms with Gasteiger partial charge in [-0.3, -0.25) is 4.79 Å². The smallest absolute Gasteiger partial charge is 0.185 e. The van der Waals surface area contributed by atoms with Crippen LogP contribution in [0.3, 0.4) is 0 Å². The first-order valence-corrected chi connectivity index (χ1v) is 5.69. The second kappa shape index (κ2) is 3.84. The van der Waals surface area contributed by atoms with Crippen molar-refractivity contribution in [3.63, 3.8) is 0 Å². The van der Waals surface area contributed by atoms with Crippen molar-refractivity contribution in [2.24, 2.45) is 0 Å². The lowest BCUT2D eigenvalue weighted by Crippen LogP contribution is -1.88. The topological polar surface area (TPSA) is 47.5 Å². The van der Waals surface area contributed by atoms with Crippen LogP contribution in [-0.4, -0.2) is 15.7 Å². The molecule has 0 atom stereocenters. The zero-order valence-corrected chi connectivity index (χ0v) is 10.2. The minimum Gasteiger partial charge on any atom is -0.458 e. The molecule has 0 unspecified atom stereocenters. The normalized spacial score (nSPS) is 11.0. The molecule has 0 aliphatic heterocycles. The summed E-state index contributed by atoms with van der Waals surface area (Å²) >= 11 is 0. The second-order valence-corrected chi connectivity index (χ2v) is 4.25.